The molecule has 1 aromatic heterocycles. The van der Waals surface area contributed by atoms with Gasteiger partial charge in [-0.15, -0.1) is 10.2 Å². The lowest BCUT2D eigenvalue weighted by Gasteiger charge is -1.98. The Labute approximate surface area is 124 Å². The van der Waals surface area contributed by atoms with Gasteiger partial charge in [0.25, 0.3) is 0 Å². The number of carboxylic acid groups (broad SMARTS) is 1. The Morgan fingerprint density at radius 3 is 2.77 bits per heavy atom. The minimum Gasteiger partial charge on any atom is -0.480 e. The summed E-state index contributed by atoms with van der Waals surface area (Å²) in [6.45, 7) is -0.373. The van der Waals surface area contributed by atoms with Crippen LogP contribution in [0.4, 0.5) is 5.69 Å². The summed E-state index contributed by atoms with van der Waals surface area (Å²) in [6.07, 6.45) is 0. The zero-order valence-corrected chi connectivity index (χ0v) is 11.3. The average Bonchev–Trinajstić information content (AvgIpc) is 2.85. The second kappa shape index (κ2) is 6.30. The fourth-order valence-electron chi connectivity index (χ4n) is 1.55. The van der Waals surface area contributed by atoms with Gasteiger partial charge in [0.2, 0.25) is 11.8 Å². The molecule has 0 atom stereocenters. The number of hydrogen-bond acceptors (Lipinski definition) is 5. The lowest BCUT2D eigenvalue weighted by atomic mass is 10.2. The molecule has 7 N–H and O–H groups in total. The molecule has 1 heterocycles. The van der Waals surface area contributed by atoms with E-state index in [0.29, 0.717) is 11.3 Å². The number of hydrogen-bond donors (Lipinski definition) is 4. The molecule has 0 aliphatic rings. The maximum atomic E-state index is 10.6. The van der Waals surface area contributed by atoms with E-state index in [1.807, 2.05) is 0 Å². The molecule has 1 aromatic carbocycles. The van der Waals surface area contributed by atoms with Crippen molar-refractivity contribution in [1.29, 1.82) is 0 Å². The molecule has 22 heavy (non-hydrogen) atoms. The first kappa shape index (κ1) is 14.9. The number of tetrazole rings is 1. The summed E-state index contributed by atoms with van der Waals surface area (Å²) >= 11 is 0. The van der Waals surface area contributed by atoms with Crippen LogP contribution >= 0.6 is 0 Å². The molecular formula is C11H13N9O2. The van der Waals surface area contributed by atoms with Crippen LogP contribution in [-0.4, -0.2) is 43.2 Å². The Balaban J connectivity index is 2.26. The highest BCUT2D eigenvalue weighted by atomic mass is 16.4. The molecule has 0 aliphatic carbocycles. The quantitative estimate of drug-likeness (QED) is 0.394. The van der Waals surface area contributed by atoms with Crippen LogP contribution in [0.2, 0.25) is 0 Å². The smallest absolute Gasteiger partial charge is 0.327 e. The van der Waals surface area contributed by atoms with Crippen molar-refractivity contribution in [2.75, 3.05) is 0 Å². The highest BCUT2D eigenvalue weighted by Crippen LogP contribution is 2.20. The molecule has 0 amide bonds. The summed E-state index contributed by atoms with van der Waals surface area (Å²) in [5, 5.41) is 20.0. The standard InChI is InChI=1S/C11H13N9O2/c12-10(13)16-11(14)15-7-3-1-2-6(4-7)9-17-19-20(18-9)5-8(21)22/h1-4H,5H2,(H,21,22)(H6,12,13,14,15,16). The second-order valence-corrected chi connectivity index (χ2v) is 4.09. The maximum Gasteiger partial charge on any atom is 0.327 e. The number of benzene rings is 1. The highest BCUT2D eigenvalue weighted by Gasteiger charge is 2.08. The van der Waals surface area contributed by atoms with Crippen LogP contribution in [0.1, 0.15) is 0 Å². The molecule has 0 unspecified atom stereocenters. The molecular weight excluding hydrogens is 290 g/mol. The van der Waals surface area contributed by atoms with Gasteiger partial charge in [-0.3, -0.25) is 4.79 Å². The van der Waals surface area contributed by atoms with Gasteiger partial charge in [-0.25, -0.2) is 4.99 Å². The molecule has 2 rings (SSSR count). The first-order chi connectivity index (χ1) is 10.4. The fourth-order valence-corrected chi connectivity index (χ4v) is 1.55. The fraction of sp³-hybridized carbons (Fsp3) is 0.0909. The lowest BCUT2D eigenvalue weighted by Crippen LogP contribution is -2.26. The largest absolute Gasteiger partial charge is 0.480 e. The van der Waals surface area contributed by atoms with Crippen molar-refractivity contribution >= 4 is 23.6 Å². The van der Waals surface area contributed by atoms with Crippen LogP contribution in [-0.2, 0) is 11.3 Å². The van der Waals surface area contributed by atoms with Gasteiger partial charge >= 0.3 is 5.97 Å². The van der Waals surface area contributed by atoms with Gasteiger partial charge in [-0.1, -0.05) is 12.1 Å². The molecule has 0 bridgehead atoms. The van der Waals surface area contributed by atoms with Gasteiger partial charge in [0.05, 0.1) is 5.69 Å². The molecule has 114 valence electrons. The number of nitrogens with two attached hydrogens (primary N) is 3. The summed E-state index contributed by atoms with van der Waals surface area (Å²) < 4.78 is 0. The van der Waals surface area contributed by atoms with Crippen molar-refractivity contribution in [3.63, 3.8) is 0 Å². The van der Waals surface area contributed by atoms with Crippen molar-refractivity contribution in [1.82, 2.24) is 20.2 Å². The summed E-state index contributed by atoms with van der Waals surface area (Å²) in [5.74, 6) is -1.10. The Hall–Kier alpha value is -3.50. The molecule has 0 fully saturated rings. The monoisotopic (exact) mass is 303 g/mol. The van der Waals surface area contributed by atoms with Crippen LogP contribution in [0.25, 0.3) is 11.4 Å². The summed E-state index contributed by atoms with van der Waals surface area (Å²) in [6, 6.07) is 6.74. The normalized spacial score (nSPS) is 11.2. The first-order valence-electron chi connectivity index (χ1n) is 5.98. The first-order valence-corrected chi connectivity index (χ1v) is 5.98. The van der Waals surface area contributed by atoms with E-state index in [9.17, 15) is 4.79 Å². The number of rotatable bonds is 4. The molecule has 11 nitrogen and oxygen atoms in total. The molecule has 0 saturated carbocycles. The van der Waals surface area contributed by atoms with Crippen LogP contribution in [0, 0.1) is 0 Å². The van der Waals surface area contributed by atoms with Gasteiger partial charge in [0.1, 0.15) is 0 Å². The summed E-state index contributed by atoms with van der Waals surface area (Å²) in [4.78, 5) is 19.2. The molecule has 0 radical (unpaired) electrons. The minimum absolute atomic E-state index is 0.0976. The van der Waals surface area contributed by atoms with E-state index in [0.717, 1.165) is 4.80 Å². The Bertz CT molecular complexity index is 746. The third-order valence-electron chi connectivity index (χ3n) is 2.32. The van der Waals surface area contributed by atoms with Crippen molar-refractivity contribution in [3.05, 3.63) is 24.3 Å². The zero-order chi connectivity index (χ0) is 16.1. The van der Waals surface area contributed by atoms with E-state index in [4.69, 9.17) is 22.3 Å². The highest BCUT2D eigenvalue weighted by molar-refractivity contribution is 5.93. The maximum absolute atomic E-state index is 10.6. The van der Waals surface area contributed by atoms with E-state index >= 15 is 0 Å². The van der Waals surface area contributed by atoms with Crippen molar-refractivity contribution < 1.29 is 9.90 Å². The number of carbonyl (C=O) groups is 1. The van der Waals surface area contributed by atoms with E-state index < -0.39 is 5.97 Å². The van der Waals surface area contributed by atoms with E-state index in [2.05, 4.69) is 25.4 Å². The second-order valence-electron chi connectivity index (χ2n) is 4.09. The van der Waals surface area contributed by atoms with Gasteiger partial charge in [-0.2, -0.15) is 9.79 Å². The number of aliphatic imine (C=N–C) groups is 2. The Kier molecular flexibility index (Phi) is 4.27. The van der Waals surface area contributed by atoms with Crippen LogP contribution < -0.4 is 17.2 Å². The van der Waals surface area contributed by atoms with Gasteiger partial charge in [-0.05, 0) is 17.3 Å². The number of nitrogens with zero attached hydrogens (tertiary/aromatic N) is 6. The predicted molar refractivity (Wildman–Crippen MR) is 78.0 cm³/mol. The zero-order valence-electron chi connectivity index (χ0n) is 11.3. The predicted octanol–water partition coefficient (Wildman–Crippen LogP) is -1.36. The summed E-state index contributed by atoms with van der Waals surface area (Å²) in [7, 11) is 0. The molecule has 11 heteroatoms. The lowest BCUT2D eigenvalue weighted by molar-refractivity contribution is -0.138. The third-order valence-corrected chi connectivity index (χ3v) is 2.32. The van der Waals surface area contributed by atoms with Crippen molar-refractivity contribution in [2.45, 2.75) is 6.54 Å². The van der Waals surface area contributed by atoms with Gasteiger partial charge in [0, 0.05) is 5.56 Å². The third kappa shape index (κ3) is 4.00. The summed E-state index contributed by atoms with van der Waals surface area (Å²) in [5.41, 5.74) is 17.0. The van der Waals surface area contributed by atoms with E-state index in [1.165, 1.54) is 0 Å². The van der Waals surface area contributed by atoms with Crippen molar-refractivity contribution in [2.24, 2.45) is 27.2 Å². The molecule has 0 spiro atoms. The van der Waals surface area contributed by atoms with Gasteiger partial charge < -0.3 is 22.3 Å². The van der Waals surface area contributed by atoms with Crippen LogP contribution in [0.5, 0.6) is 0 Å². The van der Waals surface area contributed by atoms with Crippen LogP contribution in [0.15, 0.2) is 34.3 Å². The van der Waals surface area contributed by atoms with Crippen LogP contribution in [0.3, 0.4) is 0 Å². The minimum atomic E-state index is -1.06. The van der Waals surface area contributed by atoms with Gasteiger partial charge in [0.15, 0.2) is 12.5 Å². The molecule has 2 aromatic rings. The Morgan fingerprint density at radius 2 is 2.09 bits per heavy atom. The number of carboxylic acids is 1. The average molecular weight is 303 g/mol. The topological polar surface area (TPSA) is 184 Å². The molecule has 0 aliphatic heterocycles. The number of aromatic nitrogens is 4. The Morgan fingerprint density at radius 1 is 1.32 bits per heavy atom. The number of aliphatic carboxylic acids is 1. The molecule has 0 saturated heterocycles. The van der Waals surface area contributed by atoms with E-state index in [1.54, 1.807) is 24.3 Å². The van der Waals surface area contributed by atoms with E-state index in [-0.39, 0.29) is 24.3 Å². The SMILES string of the molecule is NC(N)=NC(N)=Nc1cccc(-c2nnn(CC(=O)O)n2)c1. The number of guanidine groups is 2. The van der Waals surface area contributed by atoms with Crippen molar-refractivity contribution in [3.8, 4) is 11.4 Å².